The molecule has 166 valence electrons. The number of nitrogens with zero attached hydrogens (tertiary/aromatic N) is 7. The number of anilines is 2. The van der Waals surface area contributed by atoms with Crippen LogP contribution in [0.4, 0.5) is 11.6 Å². The fraction of sp³-hybridized carbons (Fsp3) is 0.478. The zero-order valence-corrected chi connectivity index (χ0v) is 18.7. The number of fused-ring (bicyclic) bond motifs is 3. The topological polar surface area (TPSA) is 85.8 Å². The average molecular weight is 433 g/mol. The molecule has 0 bridgehead atoms. The minimum absolute atomic E-state index is 0.251. The summed E-state index contributed by atoms with van der Waals surface area (Å²) in [6, 6.07) is 4.97. The van der Waals surface area contributed by atoms with Crippen molar-refractivity contribution in [3.63, 3.8) is 0 Å². The van der Waals surface area contributed by atoms with Gasteiger partial charge in [-0.1, -0.05) is 0 Å². The van der Waals surface area contributed by atoms with E-state index in [1.54, 1.807) is 4.68 Å². The van der Waals surface area contributed by atoms with Gasteiger partial charge < -0.3 is 19.4 Å². The number of nitrogens with one attached hydrogen (secondary N) is 1. The van der Waals surface area contributed by atoms with E-state index in [1.807, 2.05) is 37.3 Å². The van der Waals surface area contributed by atoms with Gasteiger partial charge in [0.15, 0.2) is 11.6 Å². The Morgan fingerprint density at radius 1 is 1.22 bits per heavy atom. The van der Waals surface area contributed by atoms with Gasteiger partial charge in [-0.2, -0.15) is 5.10 Å². The number of rotatable bonds is 7. The van der Waals surface area contributed by atoms with Crippen LogP contribution in [-0.4, -0.2) is 51.8 Å². The fourth-order valence-corrected chi connectivity index (χ4v) is 4.81. The summed E-state index contributed by atoms with van der Waals surface area (Å²) in [6.07, 6.45) is 8.72. The van der Waals surface area contributed by atoms with Gasteiger partial charge in [0, 0.05) is 56.1 Å². The van der Waals surface area contributed by atoms with E-state index in [2.05, 4.69) is 37.9 Å². The monoisotopic (exact) mass is 432 g/mol. The van der Waals surface area contributed by atoms with E-state index >= 15 is 0 Å². The number of hydrogen-bond acceptors (Lipinski definition) is 5. The normalized spacial score (nSPS) is 16.2. The molecule has 0 radical (unpaired) electrons. The van der Waals surface area contributed by atoms with Crippen molar-refractivity contribution in [1.29, 1.82) is 0 Å². The highest BCUT2D eigenvalue weighted by atomic mass is 16.2. The highest BCUT2D eigenvalue weighted by Gasteiger charge is 2.42. The van der Waals surface area contributed by atoms with Crippen LogP contribution in [0.25, 0.3) is 22.1 Å². The van der Waals surface area contributed by atoms with Crippen LogP contribution in [-0.2, 0) is 31.9 Å². The Balaban J connectivity index is 1.44. The molecule has 6 rings (SSSR count). The number of amides is 1. The van der Waals surface area contributed by atoms with E-state index < -0.39 is 0 Å². The van der Waals surface area contributed by atoms with E-state index in [9.17, 15) is 4.79 Å². The summed E-state index contributed by atoms with van der Waals surface area (Å²) in [7, 11) is 3.88. The van der Waals surface area contributed by atoms with Crippen LogP contribution in [0.2, 0.25) is 0 Å². The van der Waals surface area contributed by atoms with Crippen LogP contribution in [0.15, 0.2) is 24.7 Å². The molecule has 32 heavy (non-hydrogen) atoms. The van der Waals surface area contributed by atoms with Crippen molar-refractivity contribution in [3.8, 4) is 0 Å². The molecular weight excluding hydrogens is 404 g/mol. The molecule has 4 aromatic rings. The molecule has 9 nitrogen and oxygen atoms in total. The summed E-state index contributed by atoms with van der Waals surface area (Å²) < 4.78 is 5.94. The van der Waals surface area contributed by atoms with Gasteiger partial charge in [-0.3, -0.25) is 9.48 Å². The van der Waals surface area contributed by atoms with Crippen LogP contribution >= 0.6 is 0 Å². The van der Waals surface area contributed by atoms with Gasteiger partial charge in [-0.05, 0) is 38.7 Å². The molecule has 2 saturated carbocycles. The lowest BCUT2D eigenvalue weighted by atomic mass is 10.2. The van der Waals surface area contributed by atoms with E-state index in [-0.39, 0.29) is 5.91 Å². The Labute approximate surface area is 186 Å². The van der Waals surface area contributed by atoms with E-state index in [1.165, 1.54) is 0 Å². The van der Waals surface area contributed by atoms with Gasteiger partial charge in [0.1, 0.15) is 11.2 Å². The fourth-order valence-electron chi connectivity index (χ4n) is 4.81. The van der Waals surface area contributed by atoms with Crippen molar-refractivity contribution >= 4 is 39.6 Å². The molecule has 4 heterocycles. The summed E-state index contributed by atoms with van der Waals surface area (Å²) in [5, 5.41) is 8.79. The van der Waals surface area contributed by atoms with Crippen molar-refractivity contribution in [2.75, 3.05) is 5.32 Å². The van der Waals surface area contributed by atoms with Crippen LogP contribution in [0.5, 0.6) is 0 Å². The first-order valence-electron chi connectivity index (χ1n) is 11.4. The molecule has 0 unspecified atom stereocenters. The van der Waals surface area contributed by atoms with Crippen molar-refractivity contribution in [1.82, 2.24) is 33.8 Å². The number of aromatic nitrogens is 6. The Hall–Kier alpha value is -3.36. The second kappa shape index (κ2) is 7.08. The third kappa shape index (κ3) is 3.14. The van der Waals surface area contributed by atoms with Gasteiger partial charge in [0.05, 0.1) is 18.3 Å². The number of hydrogen-bond donors (Lipinski definition) is 1. The number of carbonyl (C=O) groups is 1. The lowest BCUT2D eigenvalue weighted by molar-refractivity contribution is -0.131. The highest BCUT2D eigenvalue weighted by Crippen LogP contribution is 2.38. The predicted octanol–water partition coefficient (Wildman–Crippen LogP) is 3.12. The lowest BCUT2D eigenvalue weighted by Gasteiger charge is -2.22. The number of imidazole rings is 1. The number of aryl methyl sites for hydroxylation is 3. The molecule has 4 aromatic heterocycles. The van der Waals surface area contributed by atoms with E-state index in [0.717, 1.165) is 65.8 Å². The molecular formula is C23H28N8O. The molecule has 2 aliphatic carbocycles. The van der Waals surface area contributed by atoms with Crippen LogP contribution in [0, 0.1) is 0 Å². The van der Waals surface area contributed by atoms with Gasteiger partial charge >= 0.3 is 0 Å². The SMILES string of the molecule is CCn1c(CC(=O)N(C2CC2)C2CC2)cc2c3c(ncn3C)c(Nc3ccn(C)n3)nc21. The Morgan fingerprint density at radius 2 is 1.97 bits per heavy atom. The van der Waals surface area contributed by atoms with E-state index in [4.69, 9.17) is 4.98 Å². The summed E-state index contributed by atoms with van der Waals surface area (Å²) in [5.41, 5.74) is 3.70. The number of carbonyl (C=O) groups excluding carboxylic acids is 1. The van der Waals surface area contributed by atoms with Crippen LogP contribution < -0.4 is 5.32 Å². The van der Waals surface area contributed by atoms with Crippen molar-refractivity contribution < 1.29 is 4.79 Å². The van der Waals surface area contributed by atoms with Crippen molar-refractivity contribution in [2.24, 2.45) is 14.1 Å². The lowest BCUT2D eigenvalue weighted by Crippen LogP contribution is -2.36. The molecule has 0 aliphatic heterocycles. The molecule has 0 saturated heterocycles. The Bertz CT molecular complexity index is 1330. The maximum atomic E-state index is 13.3. The minimum Gasteiger partial charge on any atom is -0.336 e. The highest BCUT2D eigenvalue weighted by molar-refractivity contribution is 6.07. The molecule has 0 atom stereocenters. The van der Waals surface area contributed by atoms with Crippen molar-refractivity contribution in [3.05, 3.63) is 30.4 Å². The third-order valence-electron chi connectivity index (χ3n) is 6.57. The first-order chi connectivity index (χ1) is 15.5. The second-order valence-corrected chi connectivity index (χ2v) is 9.07. The first-order valence-corrected chi connectivity index (χ1v) is 11.4. The second-order valence-electron chi connectivity index (χ2n) is 9.07. The van der Waals surface area contributed by atoms with Gasteiger partial charge in [-0.25, -0.2) is 9.97 Å². The average Bonchev–Trinajstić information content (AvgIpc) is 3.67. The van der Waals surface area contributed by atoms with Crippen LogP contribution in [0.1, 0.15) is 38.3 Å². The summed E-state index contributed by atoms with van der Waals surface area (Å²) in [5.74, 6) is 1.65. The summed E-state index contributed by atoms with van der Waals surface area (Å²) >= 11 is 0. The largest absolute Gasteiger partial charge is 0.336 e. The molecule has 9 heteroatoms. The summed E-state index contributed by atoms with van der Waals surface area (Å²) in [6.45, 7) is 2.85. The molecule has 2 aliphatic rings. The molecule has 1 amide bonds. The van der Waals surface area contributed by atoms with Gasteiger partial charge in [-0.15, -0.1) is 0 Å². The standard InChI is InChI=1S/C23H28N8O/c1-4-30-16(12-19(32)31(14-5-6-14)15-7-8-15)11-17-21-20(24-13-28(21)2)22(26-23(17)30)25-18-9-10-29(3)27-18/h9-11,13-15H,4-8,12H2,1-3H3,(H,25,26,27). The zero-order chi connectivity index (χ0) is 22.0. The third-order valence-corrected chi connectivity index (χ3v) is 6.57. The molecule has 2 fully saturated rings. The molecule has 0 spiro atoms. The van der Waals surface area contributed by atoms with Crippen molar-refractivity contribution in [2.45, 2.75) is 57.7 Å². The maximum Gasteiger partial charge on any atom is 0.229 e. The summed E-state index contributed by atoms with van der Waals surface area (Å²) in [4.78, 5) is 25.0. The first kappa shape index (κ1) is 19.3. The molecule has 0 aromatic carbocycles. The Kier molecular flexibility index (Phi) is 4.28. The smallest absolute Gasteiger partial charge is 0.229 e. The molecule has 1 N–H and O–H groups in total. The predicted molar refractivity (Wildman–Crippen MR) is 123 cm³/mol. The minimum atomic E-state index is 0.251. The van der Waals surface area contributed by atoms with Gasteiger partial charge in [0.2, 0.25) is 5.91 Å². The van der Waals surface area contributed by atoms with Crippen LogP contribution in [0.3, 0.4) is 0 Å². The zero-order valence-electron chi connectivity index (χ0n) is 18.7. The quantitative estimate of drug-likeness (QED) is 0.485. The number of pyridine rings is 1. The Morgan fingerprint density at radius 3 is 2.59 bits per heavy atom. The maximum absolute atomic E-state index is 13.3. The van der Waals surface area contributed by atoms with E-state index in [0.29, 0.717) is 24.3 Å². The van der Waals surface area contributed by atoms with Gasteiger partial charge in [0.25, 0.3) is 0 Å².